The molecule has 0 aliphatic carbocycles. The van der Waals surface area contributed by atoms with Crippen molar-refractivity contribution in [2.75, 3.05) is 6.61 Å². The summed E-state index contributed by atoms with van der Waals surface area (Å²) in [6.07, 6.45) is 1.01. The highest BCUT2D eigenvalue weighted by atomic mass is 16.5. The molecule has 0 saturated heterocycles. The summed E-state index contributed by atoms with van der Waals surface area (Å²) >= 11 is 0. The Hall–Kier alpha value is -1.64. The zero-order valence-electron chi connectivity index (χ0n) is 11.2. The normalized spacial score (nSPS) is 11.1. The molecule has 3 nitrogen and oxygen atoms in total. The number of carbonyl (C=O) groups is 2. The number of esters is 1. The summed E-state index contributed by atoms with van der Waals surface area (Å²) in [5, 5.41) is 0. The minimum absolute atomic E-state index is 0.0789. The number of ether oxygens (including phenoxy) is 1. The van der Waals surface area contributed by atoms with Crippen molar-refractivity contribution in [2.24, 2.45) is 5.41 Å². The minimum atomic E-state index is -1.05. The molecule has 0 saturated carbocycles. The van der Waals surface area contributed by atoms with Gasteiger partial charge in [-0.05, 0) is 32.8 Å². The molecule has 18 heavy (non-hydrogen) atoms. The highest BCUT2D eigenvalue weighted by Gasteiger charge is 2.36. The van der Waals surface area contributed by atoms with Crippen LogP contribution >= 0.6 is 0 Å². The molecule has 0 spiro atoms. The van der Waals surface area contributed by atoms with E-state index in [4.69, 9.17) is 4.74 Å². The number of ketones is 1. The maximum absolute atomic E-state index is 12.1. The molecule has 0 heterocycles. The van der Waals surface area contributed by atoms with E-state index in [0.717, 1.165) is 5.56 Å². The molecule has 0 atom stereocenters. The summed E-state index contributed by atoms with van der Waals surface area (Å²) < 4.78 is 4.92. The summed E-state index contributed by atoms with van der Waals surface area (Å²) in [6.45, 7) is 5.29. The van der Waals surface area contributed by atoms with Crippen LogP contribution in [0.1, 0.15) is 32.8 Å². The molecule has 0 fully saturated rings. The zero-order chi connectivity index (χ0) is 13.6. The summed E-state index contributed by atoms with van der Waals surface area (Å²) in [5.41, 5.74) is 0.0515. The molecule has 0 bridgehead atoms. The highest BCUT2D eigenvalue weighted by Crippen LogP contribution is 2.21. The predicted molar refractivity (Wildman–Crippen MR) is 70.2 cm³/mol. The molecule has 0 unspecified atom stereocenters. The summed E-state index contributed by atoms with van der Waals surface area (Å²) in [6, 6.07) is 9.77. The van der Waals surface area contributed by atoms with Crippen molar-refractivity contribution < 1.29 is 14.3 Å². The van der Waals surface area contributed by atoms with E-state index in [1.807, 2.05) is 30.3 Å². The number of carbonyl (C=O) groups excluding carboxylic acids is 2. The quantitative estimate of drug-likeness (QED) is 0.574. The molecule has 0 radical (unpaired) electrons. The van der Waals surface area contributed by atoms with Crippen molar-refractivity contribution in [3.63, 3.8) is 0 Å². The summed E-state index contributed by atoms with van der Waals surface area (Å²) in [5.74, 6) is -0.520. The SMILES string of the molecule is CCOC(=O)C(C)(C)C(=O)CCc1ccccc1. The highest BCUT2D eigenvalue weighted by molar-refractivity contribution is 6.02. The van der Waals surface area contributed by atoms with Gasteiger partial charge in [-0.15, -0.1) is 0 Å². The Morgan fingerprint density at radius 3 is 2.33 bits per heavy atom. The Morgan fingerprint density at radius 2 is 1.78 bits per heavy atom. The second kappa shape index (κ2) is 6.34. The van der Waals surface area contributed by atoms with Crippen molar-refractivity contribution in [2.45, 2.75) is 33.6 Å². The molecule has 0 aliphatic heterocycles. The van der Waals surface area contributed by atoms with E-state index in [0.29, 0.717) is 19.4 Å². The lowest BCUT2D eigenvalue weighted by Gasteiger charge is -2.20. The van der Waals surface area contributed by atoms with Crippen LogP contribution in [0.5, 0.6) is 0 Å². The average molecular weight is 248 g/mol. The van der Waals surface area contributed by atoms with Crippen molar-refractivity contribution in [3.05, 3.63) is 35.9 Å². The fraction of sp³-hybridized carbons (Fsp3) is 0.467. The molecule has 0 aliphatic rings. The molecule has 98 valence electrons. The van der Waals surface area contributed by atoms with Gasteiger partial charge in [0, 0.05) is 6.42 Å². The van der Waals surface area contributed by atoms with Crippen molar-refractivity contribution in [3.8, 4) is 0 Å². The number of hydrogen-bond acceptors (Lipinski definition) is 3. The van der Waals surface area contributed by atoms with E-state index in [1.54, 1.807) is 20.8 Å². The predicted octanol–water partition coefficient (Wildman–Crippen LogP) is 2.78. The van der Waals surface area contributed by atoms with E-state index in [9.17, 15) is 9.59 Å². The van der Waals surface area contributed by atoms with Crippen molar-refractivity contribution >= 4 is 11.8 Å². The van der Waals surface area contributed by atoms with Crippen LogP contribution in [0, 0.1) is 5.41 Å². The zero-order valence-corrected chi connectivity index (χ0v) is 11.2. The number of rotatable bonds is 6. The fourth-order valence-electron chi connectivity index (χ4n) is 1.64. The van der Waals surface area contributed by atoms with Gasteiger partial charge in [-0.2, -0.15) is 0 Å². The molecular weight excluding hydrogens is 228 g/mol. The molecule has 1 aromatic rings. The number of hydrogen-bond donors (Lipinski definition) is 0. The molecule has 0 aromatic heterocycles. The fourth-order valence-corrected chi connectivity index (χ4v) is 1.64. The van der Waals surface area contributed by atoms with Gasteiger partial charge >= 0.3 is 5.97 Å². The van der Waals surface area contributed by atoms with E-state index >= 15 is 0 Å². The topological polar surface area (TPSA) is 43.4 Å². The first-order valence-corrected chi connectivity index (χ1v) is 6.23. The van der Waals surface area contributed by atoms with Crippen LogP contribution in [-0.2, 0) is 20.7 Å². The summed E-state index contributed by atoms with van der Waals surface area (Å²) in [4.78, 5) is 23.7. The Bertz CT molecular complexity index is 407. The molecule has 0 N–H and O–H groups in total. The van der Waals surface area contributed by atoms with Crippen LogP contribution in [0.4, 0.5) is 0 Å². The maximum atomic E-state index is 12.1. The van der Waals surface area contributed by atoms with Crippen LogP contribution in [0.2, 0.25) is 0 Å². The maximum Gasteiger partial charge on any atom is 0.319 e. The van der Waals surface area contributed by atoms with Gasteiger partial charge in [-0.3, -0.25) is 9.59 Å². The van der Waals surface area contributed by atoms with Gasteiger partial charge in [0.05, 0.1) is 6.61 Å². The molecule has 3 heteroatoms. The second-order valence-corrected chi connectivity index (χ2v) is 4.75. The Balaban J connectivity index is 2.57. The molecular formula is C15H20O3. The number of Topliss-reactive ketones (excluding diaryl/α,β-unsaturated/α-hetero) is 1. The molecule has 1 rings (SSSR count). The van der Waals surface area contributed by atoms with Gasteiger partial charge < -0.3 is 4.74 Å². The van der Waals surface area contributed by atoms with E-state index in [2.05, 4.69) is 0 Å². The lowest BCUT2D eigenvalue weighted by Crippen LogP contribution is -2.35. The number of benzene rings is 1. The van der Waals surface area contributed by atoms with E-state index < -0.39 is 11.4 Å². The first-order chi connectivity index (χ1) is 8.48. The standard InChI is InChI=1S/C15H20O3/c1-4-18-14(17)15(2,3)13(16)11-10-12-8-6-5-7-9-12/h5-9H,4,10-11H2,1-3H3. The Labute approximate surface area is 108 Å². The van der Waals surface area contributed by atoms with Gasteiger partial charge in [-0.25, -0.2) is 0 Å². The van der Waals surface area contributed by atoms with E-state index in [1.165, 1.54) is 0 Å². The average Bonchev–Trinajstić information content (AvgIpc) is 2.37. The van der Waals surface area contributed by atoms with Gasteiger partial charge in [0.1, 0.15) is 11.2 Å². The van der Waals surface area contributed by atoms with Gasteiger partial charge in [-0.1, -0.05) is 30.3 Å². The van der Waals surface area contributed by atoms with Crippen LogP contribution in [0.25, 0.3) is 0 Å². The Kier molecular flexibility index (Phi) is 5.08. The van der Waals surface area contributed by atoms with Crippen LogP contribution in [-0.4, -0.2) is 18.4 Å². The third-order valence-electron chi connectivity index (χ3n) is 2.97. The van der Waals surface area contributed by atoms with E-state index in [-0.39, 0.29) is 5.78 Å². The third kappa shape index (κ3) is 3.69. The minimum Gasteiger partial charge on any atom is -0.465 e. The van der Waals surface area contributed by atoms with Crippen LogP contribution < -0.4 is 0 Å². The van der Waals surface area contributed by atoms with Gasteiger partial charge in [0.25, 0.3) is 0 Å². The third-order valence-corrected chi connectivity index (χ3v) is 2.97. The first-order valence-electron chi connectivity index (χ1n) is 6.23. The largest absolute Gasteiger partial charge is 0.465 e. The monoisotopic (exact) mass is 248 g/mol. The smallest absolute Gasteiger partial charge is 0.319 e. The lowest BCUT2D eigenvalue weighted by molar-refractivity contribution is -0.157. The van der Waals surface area contributed by atoms with Crippen LogP contribution in [0.15, 0.2) is 30.3 Å². The van der Waals surface area contributed by atoms with Gasteiger partial charge in [0.15, 0.2) is 0 Å². The molecule has 1 aromatic carbocycles. The summed E-state index contributed by atoms with van der Waals surface area (Å²) in [7, 11) is 0. The molecule has 0 amide bonds. The first kappa shape index (κ1) is 14.4. The Morgan fingerprint density at radius 1 is 1.17 bits per heavy atom. The lowest BCUT2D eigenvalue weighted by atomic mass is 9.85. The van der Waals surface area contributed by atoms with Crippen molar-refractivity contribution in [1.82, 2.24) is 0 Å². The van der Waals surface area contributed by atoms with Crippen LogP contribution in [0.3, 0.4) is 0 Å². The van der Waals surface area contributed by atoms with Gasteiger partial charge in [0.2, 0.25) is 0 Å². The number of aryl methyl sites for hydroxylation is 1. The van der Waals surface area contributed by atoms with Crippen molar-refractivity contribution in [1.29, 1.82) is 0 Å². The second-order valence-electron chi connectivity index (χ2n) is 4.75.